The first-order chi connectivity index (χ1) is 18.7. The lowest BCUT2D eigenvalue weighted by molar-refractivity contribution is -0.143. The van der Waals surface area contributed by atoms with E-state index in [2.05, 4.69) is 10.2 Å². The first-order valence-electron chi connectivity index (χ1n) is 13.4. The molecule has 1 amide bonds. The SMILES string of the molecule is Cc1cc(F)ccc1C1C[C@@H](C(=O)NC[C@H](C)c2cc(C(F)(F)F)cc(C(F)(F)F)c2)CCN1C1CCOCC1. The summed E-state index contributed by atoms with van der Waals surface area (Å²) < 4.78 is 99.0. The summed E-state index contributed by atoms with van der Waals surface area (Å²) in [6.07, 6.45) is -7.16. The van der Waals surface area contributed by atoms with Gasteiger partial charge in [-0.1, -0.05) is 13.0 Å². The summed E-state index contributed by atoms with van der Waals surface area (Å²) in [5.74, 6) is -1.85. The van der Waals surface area contributed by atoms with Crippen molar-refractivity contribution in [2.75, 3.05) is 26.3 Å². The van der Waals surface area contributed by atoms with E-state index in [1.165, 1.54) is 19.1 Å². The lowest BCUT2D eigenvalue weighted by Crippen LogP contribution is -2.48. The van der Waals surface area contributed by atoms with Crippen molar-refractivity contribution in [2.45, 2.75) is 69.9 Å². The van der Waals surface area contributed by atoms with Gasteiger partial charge >= 0.3 is 12.4 Å². The number of carbonyl (C=O) groups is 1. The van der Waals surface area contributed by atoms with Gasteiger partial charge in [0.15, 0.2) is 0 Å². The molecular formula is C29H33F7N2O2. The molecule has 40 heavy (non-hydrogen) atoms. The number of amides is 1. The molecule has 0 aromatic heterocycles. The molecule has 2 aromatic carbocycles. The average molecular weight is 575 g/mol. The van der Waals surface area contributed by atoms with Crippen LogP contribution in [0.5, 0.6) is 0 Å². The van der Waals surface area contributed by atoms with Crippen LogP contribution in [0.15, 0.2) is 36.4 Å². The maximum Gasteiger partial charge on any atom is 0.416 e. The molecule has 2 fully saturated rings. The van der Waals surface area contributed by atoms with E-state index in [0.29, 0.717) is 44.7 Å². The number of carbonyl (C=O) groups excluding carboxylic acids is 1. The maximum atomic E-state index is 13.8. The number of benzene rings is 2. The molecular weight excluding hydrogens is 541 g/mol. The minimum atomic E-state index is -4.94. The highest BCUT2D eigenvalue weighted by Crippen LogP contribution is 2.40. The molecule has 11 heteroatoms. The van der Waals surface area contributed by atoms with E-state index in [1.807, 2.05) is 6.92 Å². The molecule has 2 aromatic rings. The minimum absolute atomic E-state index is 0.0958. The Morgan fingerprint density at radius 2 is 1.62 bits per heavy atom. The third kappa shape index (κ3) is 7.15. The van der Waals surface area contributed by atoms with Crippen molar-refractivity contribution < 1.29 is 40.3 Å². The highest BCUT2D eigenvalue weighted by molar-refractivity contribution is 5.79. The number of aryl methyl sites for hydroxylation is 1. The summed E-state index contributed by atoms with van der Waals surface area (Å²) >= 11 is 0. The number of ether oxygens (including phenoxy) is 1. The van der Waals surface area contributed by atoms with E-state index in [1.54, 1.807) is 6.07 Å². The zero-order chi connectivity index (χ0) is 29.2. The first kappa shape index (κ1) is 30.3. The van der Waals surface area contributed by atoms with Gasteiger partial charge in [0, 0.05) is 37.8 Å². The lowest BCUT2D eigenvalue weighted by Gasteiger charge is -2.45. The van der Waals surface area contributed by atoms with Crippen molar-refractivity contribution in [3.63, 3.8) is 0 Å². The number of piperidine rings is 1. The molecule has 1 N–H and O–H groups in total. The van der Waals surface area contributed by atoms with Crippen molar-refractivity contribution in [3.8, 4) is 0 Å². The molecule has 3 atom stereocenters. The fourth-order valence-corrected chi connectivity index (χ4v) is 5.77. The van der Waals surface area contributed by atoms with Gasteiger partial charge in [-0.25, -0.2) is 4.39 Å². The summed E-state index contributed by atoms with van der Waals surface area (Å²) in [6, 6.07) is 6.23. The molecule has 1 unspecified atom stereocenters. The van der Waals surface area contributed by atoms with Gasteiger partial charge in [-0.3, -0.25) is 9.69 Å². The zero-order valence-electron chi connectivity index (χ0n) is 22.3. The summed E-state index contributed by atoms with van der Waals surface area (Å²) in [5, 5.41) is 2.76. The number of hydrogen-bond donors (Lipinski definition) is 1. The monoisotopic (exact) mass is 574 g/mol. The molecule has 2 heterocycles. The van der Waals surface area contributed by atoms with Crippen molar-refractivity contribution in [1.82, 2.24) is 10.2 Å². The molecule has 0 aliphatic carbocycles. The van der Waals surface area contributed by atoms with Crippen LogP contribution in [0.2, 0.25) is 0 Å². The Hall–Kier alpha value is -2.66. The van der Waals surface area contributed by atoms with Crippen LogP contribution < -0.4 is 5.32 Å². The molecule has 0 radical (unpaired) electrons. The second-order valence-corrected chi connectivity index (χ2v) is 10.8. The van der Waals surface area contributed by atoms with Crippen LogP contribution in [0.25, 0.3) is 0 Å². The Morgan fingerprint density at radius 1 is 1.00 bits per heavy atom. The Morgan fingerprint density at radius 3 is 2.20 bits per heavy atom. The summed E-state index contributed by atoms with van der Waals surface area (Å²) in [7, 11) is 0. The van der Waals surface area contributed by atoms with E-state index in [0.717, 1.165) is 24.0 Å². The summed E-state index contributed by atoms with van der Waals surface area (Å²) in [4.78, 5) is 15.6. The Bertz CT molecular complexity index is 1160. The molecule has 0 saturated carbocycles. The van der Waals surface area contributed by atoms with Crippen LogP contribution in [-0.4, -0.2) is 43.2 Å². The molecule has 0 bridgehead atoms. The van der Waals surface area contributed by atoms with Gasteiger partial charge in [-0.05, 0) is 92.1 Å². The number of alkyl halides is 6. The lowest BCUT2D eigenvalue weighted by atomic mass is 9.83. The maximum absolute atomic E-state index is 13.8. The van der Waals surface area contributed by atoms with Gasteiger partial charge in [-0.15, -0.1) is 0 Å². The van der Waals surface area contributed by atoms with E-state index in [9.17, 15) is 35.5 Å². The third-order valence-corrected chi connectivity index (χ3v) is 8.03. The topological polar surface area (TPSA) is 41.6 Å². The smallest absolute Gasteiger partial charge is 0.381 e. The second kappa shape index (κ2) is 12.1. The molecule has 2 aliphatic heterocycles. The Kier molecular flexibility index (Phi) is 9.14. The Balaban J connectivity index is 1.48. The molecule has 4 nitrogen and oxygen atoms in total. The molecule has 220 valence electrons. The van der Waals surface area contributed by atoms with E-state index in [-0.39, 0.29) is 42.0 Å². The molecule has 2 aliphatic rings. The number of halogens is 7. The van der Waals surface area contributed by atoms with Gasteiger partial charge in [0.25, 0.3) is 0 Å². The molecule has 0 spiro atoms. The van der Waals surface area contributed by atoms with Gasteiger partial charge in [-0.2, -0.15) is 26.3 Å². The second-order valence-electron chi connectivity index (χ2n) is 10.8. The first-order valence-corrected chi connectivity index (χ1v) is 13.4. The van der Waals surface area contributed by atoms with Gasteiger partial charge < -0.3 is 10.1 Å². The summed E-state index contributed by atoms with van der Waals surface area (Å²) in [6.45, 7) is 5.11. The van der Waals surface area contributed by atoms with Crippen LogP contribution in [0.1, 0.15) is 72.4 Å². The van der Waals surface area contributed by atoms with Crippen molar-refractivity contribution in [1.29, 1.82) is 0 Å². The highest BCUT2D eigenvalue weighted by Gasteiger charge is 2.39. The van der Waals surface area contributed by atoms with Crippen molar-refractivity contribution >= 4 is 5.91 Å². The predicted octanol–water partition coefficient (Wildman–Crippen LogP) is 7.02. The third-order valence-electron chi connectivity index (χ3n) is 8.03. The fraction of sp³-hybridized carbons (Fsp3) is 0.552. The standard InChI is InChI=1S/C29H33F7N2O2/c1-17-11-23(30)3-4-25(17)26-14-19(5-8-38(26)24-6-9-40-10-7-24)27(39)37-16-18(2)20-12-21(28(31,32)33)15-22(13-20)29(34,35)36/h3-4,11-13,15,18-19,24,26H,5-10,14,16H2,1-2H3,(H,37,39)/t18-,19-,26?/m0/s1. The Labute approximate surface area is 228 Å². The van der Waals surface area contributed by atoms with Crippen molar-refractivity contribution in [3.05, 3.63) is 70.0 Å². The normalized spacial score (nSPS) is 22.2. The molecule has 2 saturated heterocycles. The van der Waals surface area contributed by atoms with Crippen LogP contribution >= 0.6 is 0 Å². The van der Waals surface area contributed by atoms with Crippen LogP contribution in [0, 0.1) is 18.7 Å². The van der Waals surface area contributed by atoms with Crippen LogP contribution in [0.3, 0.4) is 0 Å². The highest BCUT2D eigenvalue weighted by atomic mass is 19.4. The number of nitrogens with zero attached hydrogens (tertiary/aromatic N) is 1. The number of likely N-dealkylation sites (tertiary alicyclic amines) is 1. The fourth-order valence-electron chi connectivity index (χ4n) is 5.77. The van der Waals surface area contributed by atoms with Crippen LogP contribution in [0.4, 0.5) is 30.7 Å². The minimum Gasteiger partial charge on any atom is -0.381 e. The van der Waals surface area contributed by atoms with Crippen molar-refractivity contribution in [2.24, 2.45) is 5.92 Å². The average Bonchev–Trinajstić information content (AvgIpc) is 2.90. The van der Waals surface area contributed by atoms with E-state index >= 15 is 0 Å². The van der Waals surface area contributed by atoms with Crippen LogP contribution in [-0.2, 0) is 21.9 Å². The predicted molar refractivity (Wildman–Crippen MR) is 135 cm³/mol. The zero-order valence-corrected chi connectivity index (χ0v) is 22.3. The number of nitrogens with one attached hydrogen (secondary N) is 1. The number of rotatable bonds is 6. The van der Waals surface area contributed by atoms with E-state index in [4.69, 9.17) is 4.74 Å². The number of hydrogen-bond acceptors (Lipinski definition) is 3. The largest absolute Gasteiger partial charge is 0.416 e. The van der Waals surface area contributed by atoms with Gasteiger partial charge in [0.05, 0.1) is 11.1 Å². The van der Waals surface area contributed by atoms with Gasteiger partial charge in [0.2, 0.25) is 5.91 Å². The van der Waals surface area contributed by atoms with E-state index < -0.39 is 35.3 Å². The quantitative estimate of drug-likeness (QED) is 0.377. The van der Waals surface area contributed by atoms with Gasteiger partial charge in [0.1, 0.15) is 5.82 Å². The molecule has 4 rings (SSSR count). The summed E-state index contributed by atoms with van der Waals surface area (Å²) in [5.41, 5.74) is -1.21.